The molecule has 1 aromatic rings. The Morgan fingerprint density at radius 1 is 1.61 bits per heavy atom. The van der Waals surface area contributed by atoms with Crippen LogP contribution in [0.15, 0.2) is 6.20 Å². The van der Waals surface area contributed by atoms with E-state index in [1.807, 2.05) is 6.92 Å². The van der Waals surface area contributed by atoms with Gasteiger partial charge in [0.05, 0.1) is 11.5 Å². The van der Waals surface area contributed by atoms with Crippen molar-refractivity contribution in [2.45, 2.75) is 26.7 Å². The summed E-state index contributed by atoms with van der Waals surface area (Å²) in [6.07, 6.45) is 3.22. The fraction of sp³-hybridized carbons (Fsp3) is 0.636. The van der Waals surface area contributed by atoms with E-state index < -0.39 is 4.92 Å². The van der Waals surface area contributed by atoms with Crippen LogP contribution in [0.2, 0.25) is 0 Å². The van der Waals surface area contributed by atoms with Gasteiger partial charge in [-0.25, -0.2) is 4.98 Å². The molecule has 0 saturated heterocycles. The number of nitrogens with one attached hydrogen (secondary N) is 1. The highest BCUT2D eigenvalue weighted by Crippen LogP contribution is 2.25. The predicted octanol–water partition coefficient (Wildman–Crippen LogP) is 2.24. The van der Waals surface area contributed by atoms with Gasteiger partial charge >= 0.3 is 5.69 Å². The average molecular weight is 254 g/mol. The van der Waals surface area contributed by atoms with E-state index in [2.05, 4.69) is 22.2 Å². The molecule has 0 amide bonds. The minimum atomic E-state index is -0.542. The SMILES string of the molecule is CCCC(C)COc1nc(NC)ncc1[N+](=O)[O-]. The fourth-order valence-corrected chi connectivity index (χ4v) is 1.51. The number of rotatable bonds is 7. The maximum Gasteiger partial charge on any atom is 0.349 e. The van der Waals surface area contributed by atoms with Gasteiger partial charge in [0.15, 0.2) is 0 Å². The lowest BCUT2D eigenvalue weighted by Crippen LogP contribution is -2.11. The summed E-state index contributed by atoms with van der Waals surface area (Å²) < 4.78 is 5.42. The molecule has 7 heteroatoms. The molecule has 0 aliphatic heterocycles. The Morgan fingerprint density at radius 3 is 2.89 bits per heavy atom. The van der Waals surface area contributed by atoms with Gasteiger partial charge in [-0.2, -0.15) is 4.98 Å². The van der Waals surface area contributed by atoms with Crippen molar-refractivity contribution >= 4 is 11.6 Å². The molecule has 1 heterocycles. The maximum absolute atomic E-state index is 10.8. The lowest BCUT2D eigenvalue weighted by molar-refractivity contribution is -0.386. The van der Waals surface area contributed by atoms with Gasteiger partial charge in [-0.15, -0.1) is 0 Å². The van der Waals surface area contributed by atoms with Gasteiger partial charge in [0, 0.05) is 7.05 Å². The van der Waals surface area contributed by atoms with E-state index in [-0.39, 0.29) is 11.6 Å². The Hall–Kier alpha value is -1.92. The summed E-state index contributed by atoms with van der Waals surface area (Å²) >= 11 is 0. The third-order valence-electron chi connectivity index (χ3n) is 2.44. The predicted molar refractivity (Wildman–Crippen MR) is 67.8 cm³/mol. The summed E-state index contributed by atoms with van der Waals surface area (Å²) in [7, 11) is 1.64. The standard InChI is InChI=1S/C11H18N4O3/c1-4-5-8(2)7-18-10-9(15(16)17)6-13-11(12-3)14-10/h6,8H,4-5,7H2,1-3H3,(H,12,13,14). The maximum atomic E-state index is 10.8. The second-order valence-corrected chi connectivity index (χ2v) is 4.10. The van der Waals surface area contributed by atoms with Gasteiger partial charge in [-0.05, 0) is 12.3 Å². The second kappa shape index (κ2) is 6.73. The molecule has 100 valence electrons. The molecule has 0 aliphatic rings. The van der Waals surface area contributed by atoms with Crippen molar-refractivity contribution in [3.8, 4) is 5.88 Å². The van der Waals surface area contributed by atoms with Crippen LogP contribution in [0.4, 0.5) is 11.6 Å². The van der Waals surface area contributed by atoms with E-state index in [0.717, 1.165) is 19.0 Å². The van der Waals surface area contributed by atoms with Gasteiger partial charge in [-0.1, -0.05) is 20.3 Å². The zero-order valence-electron chi connectivity index (χ0n) is 10.8. The number of anilines is 1. The molecule has 0 bridgehead atoms. The topological polar surface area (TPSA) is 90.2 Å². The van der Waals surface area contributed by atoms with Crippen LogP contribution in [0, 0.1) is 16.0 Å². The van der Waals surface area contributed by atoms with Crippen molar-refractivity contribution in [1.82, 2.24) is 9.97 Å². The molecule has 1 atom stereocenters. The molecule has 0 fully saturated rings. The summed E-state index contributed by atoms with van der Waals surface area (Å²) in [5.41, 5.74) is -0.210. The Kier molecular flexibility index (Phi) is 5.29. The van der Waals surface area contributed by atoms with Crippen LogP contribution in [0.3, 0.4) is 0 Å². The van der Waals surface area contributed by atoms with Crippen LogP contribution in [0.25, 0.3) is 0 Å². The number of ether oxygens (including phenoxy) is 1. The van der Waals surface area contributed by atoms with Gasteiger partial charge in [0.1, 0.15) is 6.20 Å². The van der Waals surface area contributed by atoms with Crippen molar-refractivity contribution < 1.29 is 9.66 Å². The quantitative estimate of drug-likeness (QED) is 0.592. The minimum absolute atomic E-state index is 0.0160. The Bertz CT molecular complexity index is 411. The Labute approximate surface area is 106 Å². The number of hydrogen-bond acceptors (Lipinski definition) is 6. The third kappa shape index (κ3) is 3.83. The minimum Gasteiger partial charge on any atom is -0.472 e. The third-order valence-corrected chi connectivity index (χ3v) is 2.44. The monoisotopic (exact) mass is 254 g/mol. The van der Waals surface area contributed by atoms with Crippen LogP contribution in [0.1, 0.15) is 26.7 Å². The van der Waals surface area contributed by atoms with Crippen LogP contribution >= 0.6 is 0 Å². The number of hydrogen-bond donors (Lipinski definition) is 1. The summed E-state index contributed by atoms with van der Waals surface area (Å²) in [5, 5.41) is 13.5. The van der Waals surface area contributed by atoms with Crippen LogP contribution in [-0.4, -0.2) is 28.5 Å². The van der Waals surface area contributed by atoms with Crippen molar-refractivity contribution in [3.63, 3.8) is 0 Å². The molecular formula is C11H18N4O3. The molecule has 1 aromatic heterocycles. The van der Waals surface area contributed by atoms with E-state index in [1.54, 1.807) is 7.05 Å². The molecule has 1 unspecified atom stereocenters. The highest BCUT2D eigenvalue weighted by atomic mass is 16.6. The van der Waals surface area contributed by atoms with Crippen LogP contribution in [-0.2, 0) is 0 Å². The zero-order chi connectivity index (χ0) is 13.5. The van der Waals surface area contributed by atoms with Crippen LogP contribution in [0.5, 0.6) is 5.88 Å². The van der Waals surface area contributed by atoms with Crippen molar-refractivity contribution in [2.24, 2.45) is 5.92 Å². The van der Waals surface area contributed by atoms with Gasteiger partial charge < -0.3 is 10.1 Å². The summed E-state index contributed by atoms with van der Waals surface area (Å²) in [5.74, 6) is 0.656. The summed E-state index contributed by atoms with van der Waals surface area (Å²) in [4.78, 5) is 18.0. The normalized spacial score (nSPS) is 11.9. The first-order chi connectivity index (χ1) is 8.58. The lowest BCUT2D eigenvalue weighted by atomic mass is 10.1. The van der Waals surface area contributed by atoms with E-state index >= 15 is 0 Å². The average Bonchev–Trinajstić information content (AvgIpc) is 2.36. The molecule has 7 nitrogen and oxygen atoms in total. The Balaban J connectivity index is 2.80. The van der Waals surface area contributed by atoms with E-state index in [9.17, 15) is 10.1 Å². The number of nitro groups is 1. The lowest BCUT2D eigenvalue weighted by Gasteiger charge is -2.11. The highest BCUT2D eigenvalue weighted by Gasteiger charge is 2.19. The first kappa shape index (κ1) is 14.1. The van der Waals surface area contributed by atoms with Crippen molar-refractivity contribution in [3.05, 3.63) is 16.3 Å². The summed E-state index contributed by atoms with van der Waals surface area (Å²) in [6.45, 7) is 4.53. The first-order valence-corrected chi connectivity index (χ1v) is 5.90. The fourth-order valence-electron chi connectivity index (χ4n) is 1.51. The molecule has 0 aliphatic carbocycles. The highest BCUT2D eigenvalue weighted by molar-refractivity contribution is 5.42. The van der Waals surface area contributed by atoms with E-state index in [0.29, 0.717) is 18.5 Å². The molecule has 0 saturated carbocycles. The molecular weight excluding hydrogens is 236 g/mol. The smallest absolute Gasteiger partial charge is 0.349 e. The number of aromatic nitrogens is 2. The summed E-state index contributed by atoms with van der Waals surface area (Å²) in [6, 6.07) is 0. The van der Waals surface area contributed by atoms with E-state index in [1.165, 1.54) is 0 Å². The largest absolute Gasteiger partial charge is 0.472 e. The molecule has 18 heavy (non-hydrogen) atoms. The van der Waals surface area contributed by atoms with Crippen molar-refractivity contribution in [1.29, 1.82) is 0 Å². The zero-order valence-corrected chi connectivity index (χ0v) is 10.8. The number of nitrogens with zero attached hydrogens (tertiary/aromatic N) is 3. The van der Waals surface area contributed by atoms with Gasteiger partial charge in [0.2, 0.25) is 5.95 Å². The van der Waals surface area contributed by atoms with Crippen molar-refractivity contribution in [2.75, 3.05) is 19.0 Å². The Morgan fingerprint density at radius 2 is 2.33 bits per heavy atom. The second-order valence-electron chi connectivity index (χ2n) is 4.10. The molecule has 0 radical (unpaired) electrons. The molecule has 0 aromatic carbocycles. The van der Waals surface area contributed by atoms with Gasteiger partial charge in [-0.3, -0.25) is 10.1 Å². The van der Waals surface area contributed by atoms with E-state index in [4.69, 9.17) is 4.74 Å². The molecule has 1 N–H and O–H groups in total. The first-order valence-electron chi connectivity index (χ1n) is 5.90. The van der Waals surface area contributed by atoms with Gasteiger partial charge in [0.25, 0.3) is 5.88 Å². The van der Waals surface area contributed by atoms with Crippen LogP contribution < -0.4 is 10.1 Å². The molecule has 1 rings (SSSR count). The molecule has 0 spiro atoms.